The number of nitrogens with zero attached hydrogens (tertiary/aromatic N) is 1. The molecule has 4 nitrogen and oxygen atoms in total. The number of fused-ring (bicyclic) bond motifs is 1. The van der Waals surface area contributed by atoms with Gasteiger partial charge in [-0.3, -0.25) is 9.59 Å². The van der Waals surface area contributed by atoms with E-state index in [0.717, 1.165) is 4.90 Å². The van der Waals surface area contributed by atoms with E-state index in [4.69, 9.17) is 5.73 Å². The molecule has 2 aromatic rings. The van der Waals surface area contributed by atoms with Crippen molar-refractivity contribution in [3.05, 3.63) is 58.9 Å². The molecular formula is C15H11FN2O2. The average Bonchev–Trinajstić information content (AvgIpc) is 2.67. The summed E-state index contributed by atoms with van der Waals surface area (Å²) in [7, 11) is 0. The molecule has 3 rings (SSSR count). The van der Waals surface area contributed by atoms with Crippen LogP contribution in [0.25, 0.3) is 0 Å². The molecule has 5 heteroatoms. The zero-order valence-electron chi connectivity index (χ0n) is 10.7. The van der Waals surface area contributed by atoms with Gasteiger partial charge in [-0.15, -0.1) is 0 Å². The molecule has 0 radical (unpaired) electrons. The zero-order valence-corrected chi connectivity index (χ0v) is 10.7. The number of halogens is 1. The highest BCUT2D eigenvalue weighted by Crippen LogP contribution is 2.33. The number of nitrogens with two attached hydrogens (primary N) is 1. The third-order valence-corrected chi connectivity index (χ3v) is 3.43. The number of hydrogen-bond acceptors (Lipinski definition) is 3. The lowest BCUT2D eigenvalue weighted by Gasteiger charge is -2.16. The van der Waals surface area contributed by atoms with Gasteiger partial charge >= 0.3 is 0 Å². The van der Waals surface area contributed by atoms with Gasteiger partial charge in [0.15, 0.2) is 0 Å². The van der Waals surface area contributed by atoms with Crippen molar-refractivity contribution >= 4 is 23.2 Å². The molecule has 2 aromatic carbocycles. The standard InChI is InChI=1S/C15H11FN2O2/c1-8-10(16)5-3-7-12(8)18-14(19)9-4-2-6-11(17)13(9)15(18)20/h2-7H,17H2,1H3. The van der Waals surface area contributed by atoms with Crippen molar-refractivity contribution in [2.24, 2.45) is 0 Å². The van der Waals surface area contributed by atoms with Crippen LogP contribution < -0.4 is 10.6 Å². The minimum atomic E-state index is -0.517. The van der Waals surface area contributed by atoms with Crippen molar-refractivity contribution in [2.75, 3.05) is 10.6 Å². The smallest absolute Gasteiger partial charge is 0.268 e. The van der Waals surface area contributed by atoms with Crippen molar-refractivity contribution in [3.8, 4) is 0 Å². The summed E-state index contributed by atoms with van der Waals surface area (Å²) in [6.07, 6.45) is 0. The van der Waals surface area contributed by atoms with Crippen LogP contribution in [-0.4, -0.2) is 11.8 Å². The van der Waals surface area contributed by atoms with Crippen molar-refractivity contribution in [1.82, 2.24) is 0 Å². The number of nitrogen functional groups attached to an aromatic ring is 1. The summed E-state index contributed by atoms with van der Waals surface area (Å²) in [6, 6.07) is 9.00. The Labute approximate surface area is 114 Å². The molecular weight excluding hydrogens is 259 g/mol. The fourth-order valence-corrected chi connectivity index (χ4v) is 2.37. The summed E-state index contributed by atoms with van der Waals surface area (Å²) in [4.78, 5) is 25.7. The highest BCUT2D eigenvalue weighted by Gasteiger charge is 2.38. The second-order valence-corrected chi connectivity index (χ2v) is 4.60. The molecule has 0 saturated carbocycles. The fourth-order valence-electron chi connectivity index (χ4n) is 2.37. The van der Waals surface area contributed by atoms with E-state index < -0.39 is 17.6 Å². The van der Waals surface area contributed by atoms with Crippen LogP contribution >= 0.6 is 0 Å². The highest BCUT2D eigenvalue weighted by molar-refractivity contribution is 6.36. The zero-order chi connectivity index (χ0) is 14.4. The summed E-state index contributed by atoms with van der Waals surface area (Å²) in [5.74, 6) is -1.46. The Kier molecular flexibility index (Phi) is 2.57. The first-order chi connectivity index (χ1) is 9.52. The van der Waals surface area contributed by atoms with Gasteiger partial charge in [0, 0.05) is 11.3 Å². The largest absolute Gasteiger partial charge is 0.398 e. The minimum Gasteiger partial charge on any atom is -0.398 e. The second-order valence-electron chi connectivity index (χ2n) is 4.60. The van der Waals surface area contributed by atoms with E-state index in [2.05, 4.69) is 0 Å². The van der Waals surface area contributed by atoms with Gasteiger partial charge in [0.2, 0.25) is 0 Å². The summed E-state index contributed by atoms with van der Waals surface area (Å²) in [5.41, 5.74) is 6.93. The first-order valence-electron chi connectivity index (χ1n) is 6.04. The molecule has 0 spiro atoms. The Morgan fingerprint density at radius 1 is 1.05 bits per heavy atom. The van der Waals surface area contributed by atoms with E-state index in [1.807, 2.05) is 0 Å². The fraction of sp³-hybridized carbons (Fsp3) is 0.0667. The molecule has 0 fully saturated rings. The Hall–Kier alpha value is -2.69. The predicted molar refractivity (Wildman–Crippen MR) is 73.1 cm³/mol. The average molecular weight is 270 g/mol. The summed E-state index contributed by atoms with van der Waals surface area (Å²) in [5, 5.41) is 0. The molecule has 2 N–H and O–H groups in total. The van der Waals surface area contributed by atoms with E-state index in [1.165, 1.54) is 25.1 Å². The van der Waals surface area contributed by atoms with E-state index in [1.54, 1.807) is 18.2 Å². The Balaban J connectivity index is 2.20. The van der Waals surface area contributed by atoms with E-state index in [-0.39, 0.29) is 28.1 Å². The maximum atomic E-state index is 13.6. The van der Waals surface area contributed by atoms with Crippen molar-refractivity contribution in [1.29, 1.82) is 0 Å². The van der Waals surface area contributed by atoms with Crippen LogP contribution in [0, 0.1) is 12.7 Å². The monoisotopic (exact) mass is 270 g/mol. The summed E-state index contributed by atoms with van der Waals surface area (Å²) in [6.45, 7) is 1.53. The van der Waals surface area contributed by atoms with Crippen LogP contribution in [-0.2, 0) is 0 Å². The molecule has 0 unspecified atom stereocenters. The van der Waals surface area contributed by atoms with Gasteiger partial charge in [-0.1, -0.05) is 12.1 Å². The van der Waals surface area contributed by atoms with Crippen LogP contribution in [0.15, 0.2) is 36.4 Å². The van der Waals surface area contributed by atoms with Crippen molar-refractivity contribution in [3.63, 3.8) is 0 Å². The van der Waals surface area contributed by atoms with E-state index in [9.17, 15) is 14.0 Å². The molecule has 1 aliphatic heterocycles. The topological polar surface area (TPSA) is 63.4 Å². The number of imide groups is 1. The van der Waals surface area contributed by atoms with Crippen LogP contribution in [0.1, 0.15) is 26.3 Å². The number of anilines is 2. The lowest BCUT2D eigenvalue weighted by molar-refractivity contribution is 0.0926. The van der Waals surface area contributed by atoms with Crippen molar-refractivity contribution < 1.29 is 14.0 Å². The SMILES string of the molecule is Cc1c(F)cccc1N1C(=O)c2cccc(N)c2C1=O. The van der Waals surface area contributed by atoms with E-state index in [0.29, 0.717) is 0 Å². The van der Waals surface area contributed by atoms with Gasteiger partial charge < -0.3 is 5.73 Å². The molecule has 0 bridgehead atoms. The molecule has 0 atom stereocenters. The third kappa shape index (κ3) is 1.53. The highest BCUT2D eigenvalue weighted by atomic mass is 19.1. The van der Waals surface area contributed by atoms with Crippen molar-refractivity contribution in [2.45, 2.75) is 6.92 Å². The van der Waals surface area contributed by atoms with Gasteiger partial charge in [0.1, 0.15) is 5.82 Å². The summed E-state index contributed by atoms with van der Waals surface area (Å²) >= 11 is 0. The Bertz CT molecular complexity index is 756. The van der Waals surface area contributed by atoms with Crippen LogP contribution in [0.2, 0.25) is 0 Å². The first-order valence-corrected chi connectivity index (χ1v) is 6.04. The molecule has 1 heterocycles. The molecule has 20 heavy (non-hydrogen) atoms. The first kappa shape index (κ1) is 12.3. The van der Waals surface area contributed by atoms with Gasteiger partial charge in [-0.05, 0) is 31.2 Å². The Morgan fingerprint density at radius 2 is 1.75 bits per heavy atom. The Morgan fingerprint density at radius 3 is 2.45 bits per heavy atom. The van der Waals surface area contributed by atoms with Gasteiger partial charge in [-0.25, -0.2) is 9.29 Å². The van der Waals surface area contributed by atoms with Gasteiger partial charge in [0.05, 0.1) is 16.8 Å². The normalized spacial score (nSPS) is 13.8. The molecule has 2 amide bonds. The predicted octanol–water partition coefficient (Wildman–Crippen LogP) is 2.52. The number of benzene rings is 2. The third-order valence-electron chi connectivity index (χ3n) is 3.43. The maximum Gasteiger partial charge on any atom is 0.268 e. The molecule has 100 valence electrons. The second kappa shape index (κ2) is 4.16. The van der Waals surface area contributed by atoms with Crippen LogP contribution in [0.3, 0.4) is 0 Å². The minimum absolute atomic E-state index is 0.182. The van der Waals surface area contributed by atoms with E-state index >= 15 is 0 Å². The van der Waals surface area contributed by atoms with Gasteiger partial charge in [0.25, 0.3) is 11.8 Å². The maximum absolute atomic E-state index is 13.6. The number of hydrogen-bond donors (Lipinski definition) is 1. The molecule has 0 aromatic heterocycles. The summed E-state index contributed by atoms with van der Waals surface area (Å²) < 4.78 is 13.6. The molecule has 1 aliphatic rings. The number of rotatable bonds is 1. The number of carbonyl (C=O) groups is 2. The van der Waals surface area contributed by atoms with Gasteiger partial charge in [-0.2, -0.15) is 0 Å². The van der Waals surface area contributed by atoms with Crippen LogP contribution in [0.4, 0.5) is 15.8 Å². The number of carbonyl (C=O) groups excluding carboxylic acids is 2. The van der Waals surface area contributed by atoms with Crippen LogP contribution in [0.5, 0.6) is 0 Å². The number of amides is 2. The molecule has 0 aliphatic carbocycles. The lowest BCUT2D eigenvalue weighted by Crippen LogP contribution is -2.30. The quantitative estimate of drug-likeness (QED) is 0.639. The lowest BCUT2D eigenvalue weighted by atomic mass is 10.1. The molecule has 0 saturated heterocycles.